The summed E-state index contributed by atoms with van der Waals surface area (Å²) in [4.78, 5) is 15.8. The second-order valence-electron chi connectivity index (χ2n) is 7.48. The Balaban J connectivity index is 1.58. The molecule has 0 radical (unpaired) electrons. The summed E-state index contributed by atoms with van der Waals surface area (Å²) in [5.74, 6) is 0.0152. The van der Waals surface area contributed by atoms with Crippen LogP contribution in [0.5, 0.6) is 11.5 Å². The monoisotopic (exact) mass is 348 g/mol. The lowest BCUT2D eigenvalue weighted by molar-refractivity contribution is -0.141. The summed E-state index contributed by atoms with van der Waals surface area (Å²) in [6.07, 6.45) is 2.84. The van der Waals surface area contributed by atoms with E-state index >= 15 is 0 Å². The Labute approximate surface area is 149 Å². The summed E-state index contributed by atoms with van der Waals surface area (Å²) in [6.45, 7) is 6.09. The van der Waals surface area contributed by atoms with E-state index in [-0.39, 0.29) is 17.2 Å². The van der Waals surface area contributed by atoms with Gasteiger partial charge in [-0.1, -0.05) is 6.07 Å². The van der Waals surface area contributed by atoms with E-state index in [1.807, 2.05) is 31.0 Å². The molecule has 138 valence electrons. The average Bonchev–Trinajstić information content (AvgIpc) is 2.90. The standard InChI is InChI=1S/C19H28N2O4/c1-3-25-17-10-14(4-5-16(17)22)12-21-8-6-19(7-9-21)11-15(18(23)24)20(2)13-19/h4-5,10,15,22H,3,6-9,11-13H2,1-2H3,(H,23,24)/t15-/m1/s1. The van der Waals surface area contributed by atoms with Gasteiger partial charge in [-0.15, -0.1) is 0 Å². The van der Waals surface area contributed by atoms with Crippen LogP contribution in [-0.4, -0.2) is 65.3 Å². The van der Waals surface area contributed by atoms with Crippen LogP contribution in [0.1, 0.15) is 31.7 Å². The fourth-order valence-corrected chi connectivity index (χ4v) is 4.28. The highest BCUT2D eigenvalue weighted by Gasteiger charge is 2.46. The number of nitrogens with zero attached hydrogens (tertiary/aromatic N) is 2. The summed E-state index contributed by atoms with van der Waals surface area (Å²) in [5.41, 5.74) is 1.28. The number of aliphatic carboxylic acids is 1. The van der Waals surface area contributed by atoms with Gasteiger partial charge in [-0.05, 0) is 69.4 Å². The molecule has 6 nitrogen and oxygen atoms in total. The van der Waals surface area contributed by atoms with Crippen molar-refractivity contribution in [2.24, 2.45) is 5.41 Å². The summed E-state index contributed by atoms with van der Waals surface area (Å²) >= 11 is 0. The molecule has 1 aromatic rings. The van der Waals surface area contributed by atoms with Crippen molar-refractivity contribution < 1.29 is 19.7 Å². The SMILES string of the molecule is CCOc1cc(CN2CCC3(CC2)C[C@H](C(=O)O)N(C)C3)ccc1O. The Hall–Kier alpha value is -1.79. The Morgan fingerprint density at radius 2 is 2.08 bits per heavy atom. The van der Waals surface area contributed by atoms with Crippen molar-refractivity contribution in [3.63, 3.8) is 0 Å². The van der Waals surface area contributed by atoms with Gasteiger partial charge in [-0.2, -0.15) is 0 Å². The first-order valence-corrected chi connectivity index (χ1v) is 9.02. The molecule has 1 aromatic carbocycles. The van der Waals surface area contributed by atoms with Crippen LogP contribution >= 0.6 is 0 Å². The molecule has 2 aliphatic heterocycles. The number of rotatable bonds is 5. The minimum absolute atomic E-state index is 0.153. The predicted octanol–water partition coefficient (Wildman–Crippen LogP) is 2.16. The molecule has 2 fully saturated rings. The molecule has 2 aliphatic rings. The molecule has 2 saturated heterocycles. The average molecular weight is 348 g/mol. The zero-order valence-electron chi connectivity index (χ0n) is 15.1. The predicted molar refractivity (Wildman–Crippen MR) is 94.9 cm³/mol. The number of carboxylic acid groups (broad SMARTS) is 1. The number of likely N-dealkylation sites (tertiary alicyclic amines) is 2. The summed E-state index contributed by atoms with van der Waals surface area (Å²) in [5, 5.41) is 19.2. The first kappa shape index (κ1) is 18.0. The van der Waals surface area contributed by atoms with Gasteiger partial charge in [-0.25, -0.2) is 0 Å². The minimum Gasteiger partial charge on any atom is -0.504 e. The van der Waals surface area contributed by atoms with E-state index < -0.39 is 5.97 Å². The Kier molecular flexibility index (Phi) is 5.20. The summed E-state index contributed by atoms with van der Waals surface area (Å²) in [6, 6.07) is 5.20. The lowest BCUT2D eigenvalue weighted by atomic mass is 9.76. The number of aromatic hydroxyl groups is 1. The molecule has 0 aromatic heterocycles. The number of ether oxygens (including phenoxy) is 1. The van der Waals surface area contributed by atoms with Gasteiger partial charge in [0.1, 0.15) is 6.04 Å². The van der Waals surface area contributed by atoms with Gasteiger partial charge < -0.3 is 14.9 Å². The molecule has 1 spiro atoms. The van der Waals surface area contributed by atoms with Crippen molar-refractivity contribution >= 4 is 5.97 Å². The normalized spacial score (nSPS) is 23.8. The third-order valence-electron chi connectivity index (χ3n) is 5.68. The highest BCUT2D eigenvalue weighted by atomic mass is 16.5. The van der Waals surface area contributed by atoms with E-state index in [0.717, 1.165) is 51.0 Å². The van der Waals surface area contributed by atoms with Gasteiger partial charge in [0.15, 0.2) is 11.5 Å². The molecule has 1 atom stereocenters. The second-order valence-corrected chi connectivity index (χ2v) is 7.48. The number of carbonyl (C=O) groups is 1. The minimum atomic E-state index is -0.700. The van der Waals surface area contributed by atoms with Crippen LogP contribution in [0.4, 0.5) is 0 Å². The van der Waals surface area contributed by atoms with E-state index in [2.05, 4.69) is 4.90 Å². The number of benzene rings is 1. The van der Waals surface area contributed by atoms with Gasteiger partial charge in [0.25, 0.3) is 0 Å². The van der Waals surface area contributed by atoms with Crippen LogP contribution in [-0.2, 0) is 11.3 Å². The highest BCUT2D eigenvalue weighted by Crippen LogP contribution is 2.43. The number of piperidine rings is 1. The zero-order chi connectivity index (χ0) is 18.0. The molecule has 0 bridgehead atoms. The Morgan fingerprint density at radius 3 is 2.68 bits per heavy atom. The Bertz CT molecular complexity index is 626. The molecular formula is C19H28N2O4. The summed E-state index contributed by atoms with van der Waals surface area (Å²) in [7, 11) is 1.92. The number of likely N-dealkylation sites (N-methyl/N-ethyl adjacent to an activating group) is 1. The molecule has 3 rings (SSSR count). The quantitative estimate of drug-likeness (QED) is 0.850. The maximum atomic E-state index is 11.4. The van der Waals surface area contributed by atoms with Crippen LogP contribution in [0.2, 0.25) is 0 Å². The van der Waals surface area contributed by atoms with Crippen LogP contribution in [0.3, 0.4) is 0 Å². The Morgan fingerprint density at radius 1 is 1.36 bits per heavy atom. The number of hydrogen-bond donors (Lipinski definition) is 2. The summed E-state index contributed by atoms with van der Waals surface area (Å²) < 4.78 is 5.46. The van der Waals surface area contributed by atoms with Crippen molar-refractivity contribution in [3.8, 4) is 11.5 Å². The molecule has 25 heavy (non-hydrogen) atoms. The molecule has 2 heterocycles. The van der Waals surface area contributed by atoms with Crippen LogP contribution in [0, 0.1) is 5.41 Å². The first-order chi connectivity index (χ1) is 11.9. The molecule has 0 saturated carbocycles. The molecule has 0 unspecified atom stereocenters. The second kappa shape index (κ2) is 7.22. The van der Waals surface area contributed by atoms with Gasteiger partial charge >= 0.3 is 5.97 Å². The maximum Gasteiger partial charge on any atom is 0.320 e. The third kappa shape index (κ3) is 3.90. The van der Waals surface area contributed by atoms with Gasteiger partial charge in [-0.3, -0.25) is 14.6 Å². The zero-order valence-corrected chi connectivity index (χ0v) is 15.1. The van der Waals surface area contributed by atoms with Gasteiger partial charge in [0.05, 0.1) is 6.61 Å². The molecule has 0 amide bonds. The van der Waals surface area contributed by atoms with E-state index in [0.29, 0.717) is 12.4 Å². The van der Waals surface area contributed by atoms with Gasteiger partial charge in [0, 0.05) is 13.1 Å². The van der Waals surface area contributed by atoms with Crippen LogP contribution in [0.25, 0.3) is 0 Å². The maximum absolute atomic E-state index is 11.4. The van der Waals surface area contributed by atoms with E-state index in [1.165, 1.54) is 0 Å². The molecular weight excluding hydrogens is 320 g/mol. The van der Waals surface area contributed by atoms with Crippen molar-refractivity contribution in [1.29, 1.82) is 0 Å². The van der Waals surface area contributed by atoms with E-state index in [9.17, 15) is 15.0 Å². The van der Waals surface area contributed by atoms with Crippen molar-refractivity contribution in [1.82, 2.24) is 9.80 Å². The van der Waals surface area contributed by atoms with Gasteiger partial charge in [0.2, 0.25) is 0 Å². The van der Waals surface area contributed by atoms with E-state index in [4.69, 9.17) is 4.74 Å². The number of carboxylic acids is 1. The van der Waals surface area contributed by atoms with Crippen LogP contribution in [0.15, 0.2) is 18.2 Å². The fourth-order valence-electron chi connectivity index (χ4n) is 4.28. The molecule has 2 N–H and O–H groups in total. The topological polar surface area (TPSA) is 73.2 Å². The van der Waals surface area contributed by atoms with Crippen molar-refractivity contribution in [2.45, 2.75) is 38.8 Å². The number of phenolic OH excluding ortho intramolecular Hbond substituents is 1. The van der Waals surface area contributed by atoms with Crippen molar-refractivity contribution in [2.75, 3.05) is 33.3 Å². The largest absolute Gasteiger partial charge is 0.504 e. The molecule has 6 heteroatoms. The highest BCUT2D eigenvalue weighted by molar-refractivity contribution is 5.74. The van der Waals surface area contributed by atoms with Crippen molar-refractivity contribution in [3.05, 3.63) is 23.8 Å². The lowest BCUT2D eigenvalue weighted by Crippen LogP contribution is -2.40. The van der Waals surface area contributed by atoms with E-state index in [1.54, 1.807) is 6.07 Å². The smallest absolute Gasteiger partial charge is 0.320 e. The van der Waals surface area contributed by atoms with Crippen LogP contribution < -0.4 is 4.74 Å². The fraction of sp³-hybridized carbons (Fsp3) is 0.632. The lowest BCUT2D eigenvalue weighted by Gasteiger charge is -2.39. The number of hydrogen-bond acceptors (Lipinski definition) is 5. The first-order valence-electron chi connectivity index (χ1n) is 9.02. The third-order valence-corrected chi connectivity index (χ3v) is 5.68. The number of phenols is 1. The molecule has 0 aliphatic carbocycles.